The average Bonchev–Trinajstić information content (AvgIpc) is 2.73. The predicted molar refractivity (Wildman–Crippen MR) is 78.3 cm³/mol. The standard InChI is InChI=1S/C14H17ClN4O/c1-10-13(14(20)18-7-5-17(2)6-8-18)19-4-3-11(15)9-12(19)16-10/h3-4,9H,5-8H2,1-2H3. The van der Waals surface area contributed by atoms with Gasteiger partial charge in [0, 0.05) is 43.5 Å². The van der Waals surface area contributed by atoms with Crippen LogP contribution >= 0.6 is 11.6 Å². The summed E-state index contributed by atoms with van der Waals surface area (Å²) in [6, 6.07) is 3.55. The van der Waals surface area contributed by atoms with Gasteiger partial charge in [-0.1, -0.05) is 11.6 Å². The van der Waals surface area contributed by atoms with Crippen molar-refractivity contribution in [1.29, 1.82) is 0 Å². The van der Waals surface area contributed by atoms with Crippen molar-refractivity contribution >= 4 is 23.2 Å². The SMILES string of the molecule is Cc1nc2cc(Cl)ccn2c1C(=O)N1CCN(C)CC1. The quantitative estimate of drug-likeness (QED) is 0.803. The molecule has 0 bridgehead atoms. The summed E-state index contributed by atoms with van der Waals surface area (Å²) in [4.78, 5) is 21.2. The lowest BCUT2D eigenvalue weighted by molar-refractivity contribution is 0.0656. The second-order valence-electron chi connectivity index (χ2n) is 5.21. The highest BCUT2D eigenvalue weighted by molar-refractivity contribution is 6.30. The van der Waals surface area contributed by atoms with Crippen LogP contribution in [-0.4, -0.2) is 58.3 Å². The third-order valence-electron chi connectivity index (χ3n) is 3.76. The molecule has 1 aliphatic rings. The molecule has 0 radical (unpaired) electrons. The van der Waals surface area contributed by atoms with Crippen LogP contribution in [0.5, 0.6) is 0 Å². The minimum Gasteiger partial charge on any atom is -0.335 e. The molecule has 0 aliphatic carbocycles. The molecule has 2 aromatic rings. The Morgan fingerprint density at radius 2 is 2.00 bits per heavy atom. The monoisotopic (exact) mass is 292 g/mol. The van der Waals surface area contributed by atoms with Crippen LogP contribution in [-0.2, 0) is 0 Å². The maximum Gasteiger partial charge on any atom is 0.272 e. The van der Waals surface area contributed by atoms with Gasteiger partial charge in [-0.05, 0) is 20.0 Å². The number of hydrogen-bond donors (Lipinski definition) is 0. The lowest BCUT2D eigenvalue weighted by atomic mass is 10.2. The molecule has 0 unspecified atom stereocenters. The molecule has 106 valence electrons. The number of rotatable bonds is 1. The second-order valence-corrected chi connectivity index (χ2v) is 5.65. The number of fused-ring (bicyclic) bond motifs is 1. The molecule has 0 saturated carbocycles. The van der Waals surface area contributed by atoms with E-state index in [9.17, 15) is 4.79 Å². The van der Waals surface area contributed by atoms with E-state index in [1.165, 1.54) is 0 Å². The smallest absolute Gasteiger partial charge is 0.272 e. The lowest BCUT2D eigenvalue weighted by Gasteiger charge is -2.32. The number of imidazole rings is 1. The Kier molecular flexibility index (Phi) is 3.40. The molecule has 6 heteroatoms. The molecule has 0 spiro atoms. The molecule has 20 heavy (non-hydrogen) atoms. The van der Waals surface area contributed by atoms with Crippen LogP contribution in [0.4, 0.5) is 0 Å². The zero-order chi connectivity index (χ0) is 14.3. The Balaban J connectivity index is 1.97. The van der Waals surface area contributed by atoms with E-state index in [1.807, 2.05) is 16.2 Å². The van der Waals surface area contributed by atoms with E-state index in [-0.39, 0.29) is 5.91 Å². The maximum atomic E-state index is 12.7. The minimum atomic E-state index is 0.0467. The van der Waals surface area contributed by atoms with Crippen molar-refractivity contribution in [3.8, 4) is 0 Å². The predicted octanol–water partition coefficient (Wildman–Crippen LogP) is 1.68. The van der Waals surface area contributed by atoms with Gasteiger partial charge in [-0.3, -0.25) is 9.20 Å². The summed E-state index contributed by atoms with van der Waals surface area (Å²) in [5.41, 5.74) is 2.10. The fourth-order valence-electron chi connectivity index (χ4n) is 2.55. The number of carbonyl (C=O) groups is 1. The highest BCUT2D eigenvalue weighted by Gasteiger charge is 2.25. The fraction of sp³-hybridized carbons (Fsp3) is 0.429. The van der Waals surface area contributed by atoms with Gasteiger partial charge in [-0.2, -0.15) is 0 Å². The van der Waals surface area contributed by atoms with Gasteiger partial charge >= 0.3 is 0 Å². The van der Waals surface area contributed by atoms with Gasteiger partial charge in [-0.15, -0.1) is 0 Å². The number of pyridine rings is 1. The van der Waals surface area contributed by atoms with Gasteiger partial charge in [-0.25, -0.2) is 4.98 Å². The van der Waals surface area contributed by atoms with E-state index >= 15 is 0 Å². The number of halogens is 1. The van der Waals surface area contributed by atoms with Gasteiger partial charge in [0.25, 0.3) is 5.91 Å². The molecule has 2 aromatic heterocycles. The molecule has 5 nitrogen and oxygen atoms in total. The molecule has 0 atom stereocenters. The van der Waals surface area contributed by atoms with E-state index < -0.39 is 0 Å². The molecule has 1 aliphatic heterocycles. The number of carbonyl (C=O) groups excluding carboxylic acids is 1. The summed E-state index contributed by atoms with van der Waals surface area (Å²) in [5, 5.41) is 0.626. The Hall–Kier alpha value is -1.59. The number of amides is 1. The summed E-state index contributed by atoms with van der Waals surface area (Å²) >= 11 is 5.97. The fourth-order valence-corrected chi connectivity index (χ4v) is 2.71. The van der Waals surface area contributed by atoms with E-state index in [4.69, 9.17) is 11.6 Å². The number of nitrogens with zero attached hydrogens (tertiary/aromatic N) is 4. The van der Waals surface area contributed by atoms with Crippen molar-refractivity contribution in [3.63, 3.8) is 0 Å². The largest absolute Gasteiger partial charge is 0.335 e. The average molecular weight is 293 g/mol. The first kappa shape index (κ1) is 13.4. The van der Waals surface area contributed by atoms with Gasteiger partial charge in [0.1, 0.15) is 11.3 Å². The van der Waals surface area contributed by atoms with Crippen LogP contribution in [0.2, 0.25) is 5.02 Å². The van der Waals surface area contributed by atoms with E-state index in [1.54, 1.807) is 18.3 Å². The number of aromatic nitrogens is 2. The Morgan fingerprint density at radius 1 is 1.30 bits per heavy atom. The number of aryl methyl sites for hydroxylation is 1. The molecule has 3 rings (SSSR count). The highest BCUT2D eigenvalue weighted by Crippen LogP contribution is 2.18. The minimum absolute atomic E-state index is 0.0467. The normalized spacial score (nSPS) is 16.9. The summed E-state index contributed by atoms with van der Waals surface area (Å²) in [5.74, 6) is 0.0467. The number of piperazine rings is 1. The zero-order valence-electron chi connectivity index (χ0n) is 11.6. The van der Waals surface area contributed by atoms with Crippen molar-refractivity contribution in [1.82, 2.24) is 19.2 Å². The first-order valence-electron chi connectivity index (χ1n) is 6.68. The molecular formula is C14H17ClN4O. The Morgan fingerprint density at radius 3 is 2.70 bits per heavy atom. The molecule has 0 aromatic carbocycles. The lowest BCUT2D eigenvalue weighted by Crippen LogP contribution is -2.47. The van der Waals surface area contributed by atoms with Crippen molar-refractivity contribution in [2.24, 2.45) is 0 Å². The van der Waals surface area contributed by atoms with Gasteiger partial charge < -0.3 is 9.80 Å². The summed E-state index contributed by atoms with van der Waals surface area (Å²) in [6.45, 7) is 5.20. The molecule has 0 N–H and O–H groups in total. The summed E-state index contributed by atoms with van der Waals surface area (Å²) in [6.07, 6.45) is 1.81. The first-order chi connectivity index (χ1) is 9.56. The van der Waals surface area contributed by atoms with E-state index in [2.05, 4.69) is 16.9 Å². The van der Waals surface area contributed by atoms with E-state index in [0.29, 0.717) is 16.4 Å². The van der Waals surface area contributed by atoms with Gasteiger partial charge in [0.2, 0.25) is 0 Å². The Labute approximate surface area is 122 Å². The Bertz CT molecular complexity index is 658. The van der Waals surface area contributed by atoms with Crippen LogP contribution in [0.1, 0.15) is 16.2 Å². The van der Waals surface area contributed by atoms with Crippen molar-refractivity contribution in [3.05, 3.63) is 34.7 Å². The van der Waals surface area contributed by atoms with Gasteiger partial charge in [0.05, 0.1) is 5.69 Å². The number of likely N-dealkylation sites (N-methyl/N-ethyl adjacent to an activating group) is 1. The topological polar surface area (TPSA) is 40.9 Å². The third-order valence-corrected chi connectivity index (χ3v) is 3.99. The molecule has 3 heterocycles. The molecule has 1 saturated heterocycles. The molecule has 1 fully saturated rings. The maximum absolute atomic E-state index is 12.7. The second kappa shape index (κ2) is 5.07. The van der Waals surface area contributed by atoms with Crippen molar-refractivity contribution in [2.75, 3.05) is 33.2 Å². The third kappa shape index (κ3) is 2.27. The zero-order valence-corrected chi connectivity index (χ0v) is 12.4. The number of hydrogen-bond acceptors (Lipinski definition) is 3. The van der Waals surface area contributed by atoms with Crippen LogP contribution in [0.15, 0.2) is 18.3 Å². The summed E-state index contributed by atoms with van der Waals surface area (Å²) < 4.78 is 1.82. The first-order valence-corrected chi connectivity index (χ1v) is 7.06. The molecule has 1 amide bonds. The van der Waals surface area contributed by atoms with Crippen LogP contribution in [0.3, 0.4) is 0 Å². The van der Waals surface area contributed by atoms with Gasteiger partial charge in [0.15, 0.2) is 0 Å². The molecular weight excluding hydrogens is 276 g/mol. The van der Waals surface area contributed by atoms with Crippen LogP contribution in [0.25, 0.3) is 5.65 Å². The van der Waals surface area contributed by atoms with E-state index in [0.717, 1.165) is 31.9 Å². The van der Waals surface area contributed by atoms with Crippen molar-refractivity contribution < 1.29 is 4.79 Å². The van der Waals surface area contributed by atoms with Crippen LogP contribution < -0.4 is 0 Å². The highest BCUT2D eigenvalue weighted by atomic mass is 35.5. The van der Waals surface area contributed by atoms with Crippen molar-refractivity contribution in [2.45, 2.75) is 6.92 Å². The van der Waals surface area contributed by atoms with Crippen LogP contribution in [0, 0.1) is 6.92 Å². The summed E-state index contributed by atoms with van der Waals surface area (Å²) in [7, 11) is 2.07.